The number of thiazole rings is 1. The number of nitrogen functional groups attached to an aromatic ring is 1. The van der Waals surface area contributed by atoms with Crippen LogP contribution in [0.3, 0.4) is 0 Å². The number of aromatic nitrogens is 3. The molecule has 0 spiro atoms. The number of nitrogens with two attached hydrogens (primary N) is 2. The number of aliphatic hydroxyl groups excluding tert-OH is 1. The van der Waals surface area contributed by atoms with Gasteiger partial charge in [0.2, 0.25) is 29.5 Å². The van der Waals surface area contributed by atoms with Crippen molar-refractivity contribution in [3.63, 3.8) is 0 Å². The third-order valence-electron chi connectivity index (χ3n) is 14.9. The Labute approximate surface area is 472 Å². The van der Waals surface area contributed by atoms with Gasteiger partial charge in [-0.15, -0.1) is 11.3 Å². The van der Waals surface area contributed by atoms with Gasteiger partial charge in [0.15, 0.2) is 5.82 Å². The van der Waals surface area contributed by atoms with E-state index >= 15 is 0 Å². The molecule has 7 rings (SSSR count). The number of carbonyl (C=O) groups is 5. The maximum atomic E-state index is 14.2. The summed E-state index contributed by atoms with van der Waals surface area (Å²) in [5.74, 6) is -0.434. The van der Waals surface area contributed by atoms with Crippen LogP contribution in [0.5, 0.6) is 0 Å². The average molecular weight is 1130 g/mol. The molecule has 4 atom stereocenters. The monoisotopic (exact) mass is 1130 g/mol. The SMILES string of the molecule is Cc1ncsc1-c1ccc([C@@H](C)NC(=O)[C@H]2C[C@H](O)CN2C(=O)[C@H](NC(=O)CCCCN2CCN(CCCCNC(=O)CCC(=O)Nc3cccc(Sc4ncc(N5CCC(C)(N)CC5)nc4N)c3Cl)CC2)C(C)(C)C)cc1. The molecule has 19 nitrogen and oxygen atoms in total. The van der Waals surface area contributed by atoms with Crippen molar-refractivity contribution in [2.75, 3.05) is 81.4 Å². The third-order valence-corrected chi connectivity index (χ3v) is 17.4. The highest BCUT2D eigenvalue weighted by atomic mass is 35.5. The summed E-state index contributed by atoms with van der Waals surface area (Å²) in [4.78, 5) is 90.4. The van der Waals surface area contributed by atoms with Crippen LogP contribution in [0.2, 0.25) is 5.02 Å². The zero-order valence-corrected chi connectivity index (χ0v) is 48.5. The molecule has 4 aromatic rings. The average Bonchev–Trinajstić information content (AvgIpc) is 4.03. The molecule has 2 aromatic heterocycles. The van der Waals surface area contributed by atoms with Gasteiger partial charge in [0.05, 0.1) is 45.1 Å². The lowest BCUT2D eigenvalue weighted by molar-refractivity contribution is -0.144. The second-order valence-electron chi connectivity index (χ2n) is 22.4. The predicted molar refractivity (Wildman–Crippen MR) is 309 cm³/mol. The Balaban J connectivity index is 0.736. The molecule has 0 saturated carbocycles. The molecule has 0 bridgehead atoms. The minimum Gasteiger partial charge on any atom is -0.391 e. The Morgan fingerprint density at radius 3 is 2.19 bits per heavy atom. The van der Waals surface area contributed by atoms with Crippen LogP contribution < -0.4 is 37.6 Å². The fourth-order valence-corrected chi connectivity index (χ4v) is 11.9. The van der Waals surface area contributed by atoms with Gasteiger partial charge in [-0.2, -0.15) is 0 Å². The van der Waals surface area contributed by atoms with Gasteiger partial charge in [0.25, 0.3) is 0 Å². The molecule has 5 heterocycles. The number of β-amino-alcohol motifs (C(OH)–C–C–N with tert-alkyl or cyclic N) is 1. The summed E-state index contributed by atoms with van der Waals surface area (Å²) in [6.45, 7) is 19.3. The van der Waals surface area contributed by atoms with E-state index in [4.69, 9.17) is 23.1 Å². The predicted octanol–water partition coefficient (Wildman–Crippen LogP) is 6.39. The number of benzene rings is 2. The standard InChI is InChI=1S/C56H80ClN13O6S2/c1-36(38-15-17-39(18-16-38)49-37(2)62-35-77-49)63-52(75)42-32-40(71)34-70(42)54(76)50(55(3,4)5)66-46(73)14-7-9-24-67-28-30-68(31-29-67)25-10-8-23-60-45(72)19-20-47(74)64-41-12-11-13-43(48(41)57)78-53-51(58)65-44(33-61-53)69-26-21-56(6,59)22-27-69/h11-13,15-18,33,35-36,40,42,50,71H,7-10,14,19-32,34,59H2,1-6H3,(H2,58,65)(H,60,72)(H,63,75)(H,64,74)(H,66,73)/t36-,40+,42-,50+/m1/s1. The summed E-state index contributed by atoms with van der Waals surface area (Å²) in [7, 11) is 0. The minimum atomic E-state index is -0.877. The van der Waals surface area contributed by atoms with Crippen molar-refractivity contribution in [3.8, 4) is 10.4 Å². The second kappa shape index (κ2) is 27.6. The van der Waals surface area contributed by atoms with Crippen molar-refractivity contribution in [1.29, 1.82) is 0 Å². The van der Waals surface area contributed by atoms with Crippen LogP contribution in [-0.4, -0.2) is 153 Å². The quantitative estimate of drug-likeness (QED) is 0.0398. The number of hydrogen-bond donors (Lipinski definition) is 7. The number of likely N-dealkylation sites (tertiary alicyclic amines) is 1. The van der Waals surface area contributed by atoms with E-state index in [1.54, 1.807) is 29.7 Å². The first-order chi connectivity index (χ1) is 37.1. The number of piperazine rings is 1. The van der Waals surface area contributed by atoms with E-state index in [9.17, 15) is 29.1 Å². The van der Waals surface area contributed by atoms with Crippen LogP contribution >= 0.6 is 34.7 Å². The second-order valence-corrected chi connectivity index (χ2v) is 24.7. The number of nitrogens with one attached hydrogen (secondary N) is 4. The number of unbranched alkanes of at least 4 members (excludes halogenated alkanes) is 2. The molecule has 78 heavy (non-hydrogen) atoms. The van der Waals surface area contributed by atoms with Crippen molar-refractivity contribution >= 4 is 81.6 Å². The largest absolute Gasteiger partial charge is 0.391 e. The maximum Gasteiger partial charge on any atom is 0.246 e. The molecule has 2 aromatic carbocycles. The first-order valence-electron chi connectivity index (χ1n) is 27.4. The number of aryl methyl sites for hydroxylation is 1. The van der Waals surface area contributed by atoms with Crippen molar-refractivity contribution in [3.05, 3.63) is 70.5 Å². The summed E-state index contributed by atoms with van der Waals surface area (Å²) in [6.07, 6.45) is 6.29. The number of halogens is 1. The molecule has 424 valence electrons. The van der Waals surface area contributed by atoms with Gasteiger partial charge in [-0.25, -0.2) is 15.0 Å². The topological polar surface area (TPSA) is 257 Å². The molecule has 3 saturated heterocycles. The molecule has 5 amide bonds. The number of anilines is 3. The Morgan fingerprint density at radius 2 is 1.55 bits per heavy atom. The number of piperidine rings is 1. The lowest BCUT2D eigenvalue weighted by atomic mass is 9.85. The van der Waals surface area contributed by atoms with E-state index in [2.05, 4.69) is 57.8 Å². The molecule has 0 radical (unpaired) electrons. The van der Waals surface area contributed by atoms with E-state index in [0.29, 0.717) is 39.4 Å². The summed E-state index contributed by atoms with van der Waals surface area (Å²) >= 11 is 9.56. The molecule has 3 aliphatic rings. The number of aliphatic hydroxyl groups is 1. The summed E-state index contributed by atoms with van der Waals surface area (Å²) in [6, 6.07) is 11.2. The van der Waals surface area contributed by atoms with E-state index in [-0.39, 0.29) is 79.2 Å². The number of hydrogen-bond acceptors (Lipinski definition) is 16. The van der Waals surface area contributed by atoms with Gasteiger partial charge >= 0.3 is 0 Å². The van der Waals surface area contributed by atoms with Gasteiger partial charge in [0, 0.05) is 88.5 Å². The Kier molecular flexibility index (Phi) is 21.3. The molecule has 9 N–H and O–H groups in total. The first-order valence-corrected chi connectivity index (χ1v) is 29.4. The Bertz CT molecular complexity index is 2690. The van der Waals surface area contributed by atoms with Crippen LogP contribution in [0.4, 0.5) is 17.3 Å². The number of rotatable bonds is 23. The minimum absolute atomic E-state index is 0.0105. The van der Waals surface area contributed by atoms with Gasteiger partial charge < -0.3 is 57.4 Å². The summed E-state index contributed by atoms with van der Waals surface area (Å²) in [5.41, 5.74) is 17.0. The van der Waals surface area contributed by atoms with E-state index < -0.39 is 23.6 Å². The van der Waals surface area contributed by atoms with E-state index in [1.165, 1.54) is 16.7 Å². The van der Waals surface area contributed by atoms with Crippen molar-refractivity contribution in [2.45, 2.75) is 145 Å². The maximum absolute atomic E-state index is 14.2. The van der Waals surface area contributed by atoms with Crippen LogP contribution in [0.15, 0.2) is 64.1 Å². The molecular weight excluding hydrogens is 1050 g/mol. The number of carbonyl (C=O) groups excluding carboxylic acids is 5. The Hall–Kier alpha value is -5.42. The normalized spacial score (nSPS) is 18.8. The van der Waals surface area contributed by atoms with Crippen molar-refractivity contribution in [2.24, 2.45) is 11.1 Å². The van der Waals surface area contributed by atoms with Crippen LogP contribution in [0.25, 0.3) is 10.4 Å². The van der Waals surface area contributed by atoms with Crippen LogP contribution in [-0.2, 0) is 24.0 Å². The Morgan fingerprint density at radius 1 is 0.885 bits per heavy atom. The first kappa shape index (κ1) is 60.2. The summed E-state index contributed by atoms with van der Waals surface area (Å²) < 4.78 is 0. The molecule has 0 unspecified atom stereocenters. The highest BCUT2D eigenvalue weighted by molar-refractivity contribution is 7.99. The lowest BCUT2D eigenvalue weighted by Gasteiger charge is -2.37. The highest BCUT2D eigenvalue weighted by Crippen LogP contribution is 2.39. The van der Waals surface area contributed by atoms with Gasteiger partial charge in [-0.1, -0.05) is 74.5 Å². The molecule has 3 fully saturated rings. The zero-order valence-electron chi connectivity index (χ0n) is 46.1. The van der Waals surface area contributed by atoms with E-state index in [0.717, 1.165) is 106 Å². The van der Waals surface area contributed by atoms with Crippen LogP contribution in [0, 0.1) is 12.3 Å². The van der Waals surface area contributed by atoms with Gasteiger partial charge in [-0.3, -0.25) is 24.0 Å². The highest BCUT2D eigenvalue weighted by Gasteiger charge is 2.45. The summed E-state index contributed by atoms with van der Waals surface area (Å²) in [5, 5.41) is 23.4. The zero-order chi connectivity index (χ0) is 56.1. The van der Waals surface area contributed by atoms with Crippen molar-refractivity contribution in [1.82, 2.24) is 45.6 Å². The van der Waals surface area contributed by atoms with E-state index in [1.807, 2.05) is 70.5 Å². The smallest absolute Gasteiger partial charge is 0.246 e. The van der Waals surface area contributed by atoms with Gasteiger partial charge in [0.1, 0.15) is 22.9 Å². The molecule has 22 heteroatoms. The fourth-order valence-electron chi connectivity index (χ4n) is 9.97. The lowest BCUT2D eigenvalue weighted by Crippen LogP contribution is -2.57. The number of nitrogens with zero attached hydrogens (tertiary/aromatic N) is 7. The molecular formula is C56H80ClN13O6S2. The molecule has 3 aliphatic heterocycles. The fraction of sp³-hybridized carbons (Fsp3) is 0.571. The third kappa shape index (κ3) is 17.0. The molecule has 0 aliphatic carbocycles. The number of amides is 5. The van der Waals surface area contributed by atoms with Crippen LogP contribution in [0.1, 0.15) is 116 Å². The van der Waals surface area contributed by atoms with Crippen molar-refractivity contribution < 1.29 is 29.1 Å². The van der Waals surface area contributed by atoms with Gasteiger partial charge in [-0.05, 0) is 101 Å².